The molecule has 0 radical (unpaired) electrons. The van der Waals surface area contributed by atoms with Gasteiger partial charge in [0, 0.05) is 31.8 Å². The smallest absolute Gasteiger partial charge is 0.328 e. The average molecular weight is 498 g/mol. The third-order valence-corrected chi connectivity index (χ3v) is 5.81. The van der Waals surface area contributed by atoms with Crippen LogP contribution in [0, 0.1) is 6.92 Å². The number of hydrogen-bond acceptors (Lipinski definition) is 9. The minimum Gasteiger partial charge on any atom is -0.494 e. The van der Waals surface area contributed by atoms with Crippen molar-refractivity contribution >= 4 is 17.0 Å². The highest BCUT2D eigenvalue weighted by molar-refractivity contribution is 5.81. The van der Waals surface area contributed by atoms with Gasteiger partial charge >= 0.3 is 11.7 Å². The zero-order valence-corrected chi connectivity index (χ0v) is 20.3. The molecule has 0 unspecified atom stereocenters. The zero-order chi connectivity index (χ0) is 25.7. The third kappa shape index (κ3) is 5.61. The number of H-pyrrole nitrogens is 1. The first-order valence-electron chi connectivity index (χ1n) is 11.6. The monoisotopic (exact) mass is 497 g/mol. The van der Waals surface area contributed by atoms with E-state index in [0.717, 1.165) is 24.1 Å². The molecule has 0 atom stereocenters. The maximum absolute atomic E-state index is 12.6. The van der Waals surface area contributed by atoms with Crippen LogP contribution < -0.4 is 21.5 Å². The molecule has 0 aliphatic carbocycles. The topological polar surface area (TPSA) is 165 Å². The van der Waals surface area contributed by atoms with Crippen LogP contribution in [0.4, 0.5) is 5.82 Å². The second-order valence-electron chi connectivity index (χ2n) is 8.46. The fourth-order valence-electron chi connectivity index (χ4n) is 3.88. The second kappa shape index (κ2) is 11.1. The van der Waals surface area contributed by atoms with Gasteiger partial charge in [-0.25, -0.2) is 4.79 Å². The van der Waals surface area contributed by atoms with Crippen LogP contribution in [-0.4, -0.2) is 61.2 Å². The second-order valence-corrected chi connectivity index (χ2v) is 8.46. The van der Waals surface area contributed by atoms with Crippen molar-refractivity contribution in [1.82, 2.24) is 29.4 Å². The van der Waals surface area contributed by atoms with Gasteiger partial charge in [0.05, 0.1) is 13.2 Å². The van der Waals surface area contributed by atoms with E-state index in [1.54, 1.807) is 20.1 Å². The van der Waals surface area contributed by atoms with Crippen molar-refractivity contribution in [3.05, 3.63) is 57.5 Å². The number of aromatic hydroxyl groups is 2. The highest BCUT2D eigenvalue weighted by atomic mass is 16.5. The number of aromatic nitrogens is 5. The number of imidazole rings is 1. The highest BCUT2D eigenvalue weighted by Crippen LogP contribution is 2.26. The lowest BCUT2D eigenvalue weighted by atomic mass is 10.1. The van der Waals surface area contributed by atoms with Crippen molar-refractivity contribution in [2.75, 3.05) is 32.6 Å². The maximum Gasteiger partial charge on any atom is 0.328 e. The van der Waals surface area contributed by atoms with Gasteiger partial charge in [-0.2, -0.15) is 9.97 Å². The Morgan fingerprint density at radius 2 is 1.86 bits per heavy atom. The molecule has 3 heterocycles. The van der Waals surface area contributed by atoms with Gasteiger partial charge in [0.25, 0.3) is 0 Å². The first-order valence-corrected chi connectivity index (χ1v) is 11.6. The molecular formula is C24H31N7O5. The number of fused-ring (bicyclic) bond motifs is 1. The van der Waals surface area contributed by atoms with Crippen LogP contribution >= 0.6 is 0 Å². The summed E-state index contributed by atoms with van der Waals surface area (Å²) in [5, 5.41) is 23.2. The molecule has 0 bridgehead atoms. The number of benzene rings is 1. The van der Waals surface area contributed by atoms with E-state index in [9.17, 15) is 15.0 Å². The zero-order valence-electron chi connectivity index (χ0n) is 20.3. The van der Waals surface area contributed by atoms with Crippen LogP contribution in [0.1, 0.15) is 23.1 Å². The molecule has 4 aromatic rings. The van der Waals surface area contributed by atoms with Crippen molar-refractivity contribution in [3.63, 3.8) is 0 Å². The first kappa shape index (κ1) is 25.1. The molecule has 0 saturated carbocycles. The highest BCUT2D eigenvalue weighted by Gasteiger charge is 2.15. The van der Waals surface area contributed by atoms with Crippen molar-refractivity contribution in [2.45, 2.75) is 33.0 Å². The molecule has 0 saturated heterocycles. The number of anilines is 1. The number of rotatable bonds is 12. The van der Waals surface area contributed by atoms with Crippen LogP contribution in [0.15, 0.2) is 35.1 Å². The number of nitrogens with one attached hydrogen (secondary N) is 2. The van der Waals surface area contributed by atoms with E-state index in [-0.39, 0.29) is 35.9 Å². The van der Waals surface area contributed by atoms with Gasteiger partial charge in [-0.05, 0) is 31.0 Å². The van der Waals surface area contributed by atoms with E-state index >= 15 is 0 Å². The number of nitrogens with two attached hydrogens (primary N) is 1. The maximum atomic E-state index is 12.6. The predicted octanol–water partition coefficient (Wildman–Crippen LogP) is 1.48. The summed E-state index contributed by atoms with van der Waals surface area (Å²) in [6, 6.07) is 9.55. The van der Waals surface area contributed by atoms with Crippen molar-refractivity contribution in [1.29, 1.82) is 0 Å². The number of nitrogens with zero attached hydrogens (tertiary/aromatic N) is 4. The quantitative estimate of drug-likeness (QED) is 0.182. The van der Waals surface area contributed by atoms with Crippen LogP contribution in [0.2, 0.25) is 0 Å². The Morgan fingerprint density at radius 1 is 1.11 bits per heavy atom. The molecule has 4 rings (SSSR count). The summed E-state index contributed by atoms with van der Waals surface area (Å²) in [4.78, 5) is 23.7. The molecule has 3 aromatic heterocycles. The van der Waals surface area contributed by atoms with Gasteiger partial charge in [0.15, 0.2) is 23.2 Å². The van der Waals surface area contributed by atoms with E-state index in [0.29, 0.717) is 43.0 Å². The molecule has 0 spiro atoms. The predicted molar refractivity (Wildman–Crippen MR) is 134 cm³/mol. The molecule has 0 aliphatic heterocycles. The number of aromatic amines is 1. The number of nitrogen functional groups attached to an aromatic ring is 1. The standard InChI is InChI=1S/C24H31N7O5/c1-15-12-18(32)30(22(15)33)9-3-8-26-13-16-4-6-17(7-5-16)14-31-21-19(27-24(31)34)20(25)28-23(29-21)36-11-10-35-2/h4-7,12,26,32-33H,3,8-11,13-14H2,1-2H3,(H,27,34)(H2,25,28,29). The number of ether oxygens (including phenoxy) is 2. The first-order chi connectivity index (χ1) is 17.4. The Hall–Kier alpha value is -4.03. The summed E-state index contributed by atoms with van der Waals surface area (Å²) in [5.41, 5.74) is 9.08. The Kier molecular flexibility index (Phi) is 7.76. The molecule has 0 fully saturated rings. The Balaban J connectivity index is 1.34. The summed E-state index contributed by atoms with van der Waals surface area (Å²) in [6.45, 7) is 4.61. The molecule has 0 amide bonds. The van der Waals surface area contributed by atoms with Crippen LogP contribution in [0.25, 0.3) is 11.2 Å². The van der Waals surface area contributed by atoms with Gasteiger partial charge in [-0.3, -0.25) is 9.13 Å². The minimum atomic E-state index is -0.333. The molecule has 0 aliphatic rings. The SMILES string of the molecule is COCCOc1nc(N)c2[nH]c(=O)n(Cc3ccc(CNCCCn4c(O)cc(C)c4O)cc3)c2n1. The molecule has 12 nitrogen and oxygen atoms in total. The average Bonchev–Trinajstić information content (AvgIpc) is 3.30. The lowest BCUT2D eigenvalue weighted by Gasteiger charge is -2.09. The lowest BCUT2D eigenvalue weighted by molar-refractivity contribution is 0.141. The van der Waals surface area contributed by atoms with Crippen LogP contribution in [0.5, 0.6) is 17.8 Å². The Labute approximate surface area is 207 Å². The van der Waals surface area contributed by atoms with Crippen molar-refractivity contribution in [3.8, 4) is 17.8 Å². The van der Waals surface area contributed by atoms with Gasteiger partial charge in [-0.15, -0.1) is 0 Å². The fraction of sp³-hybridized carbons (Fsp3) is 0.375. The summed E-state index contributed by atoms with van der Waals surface area (Å²) in [5.74, 6) is 0.308. The number of methoxy groups -OCH3 is 1. The summed E-state index contributed by atoms with van der Waals surface area (Å²) >= 11 is 0. The molecule has 6 N–H and O–H groups in total. The summed E-state index contributed by atoms with van der Waals surface area (Å²) in [6.07, 6.45) is 0.749. The molecular weight excluding hydrogens is 466 g/mol. The van der Waals surface area contributed by atoms with Gasteiger partial charge in [0.2, 0.25) is 0 Å². The van der Waals surface area contributed by atoms with Crippen LogP contribution in [-0.2, 0) is 24.4 Å². The van der Waals surface area contributed by atoms with E-state index in [2.05, 4.69) is 20.3 Å². The number of aryl methyl sites for hydroxylation is 1. The third-order valence-electron chi connectivity index (χ3n) is 5.81. The lowest BCUT2D eigenvalue weighted by Crippen LogP contribution is -2.18. The molecule has 192 valence electrons. The molecule has 36 heavy (non-hydrogen) atoms. The molecule has 12 heteroatoms. The van der Waals surface area contributed by atoms with Crippen molar-refractivity contribution in [2.24, 2.45) is 0 Å². The van der Waals surface area contributed by atoms with E-state index < -0.39 is 0 Å². The Bertz CT molecular complexity index is 1370. The van der Waals surface area contributed by atoms with Gasteiger partial charge in [0.1, 0.15) is 12.1 Å². The van der Waals surface area contributed by atoms with E-state index in [1.165, 1.54) is 9.13 Å². The Morgan fingerprint density at radius 3 is 2.56 bits per heavy atom. The largest absolute Gasteiger partial charge is 0.494 e. The van der Waals surface area contributed by atoms with E-state index in [1.807, 2.05) is 24.3 Å². The van der Waals surface area contributed by atoms with Gasteiger partial charge in [-0.1, -0.05) is 24.3 Å². The summed E-state index contributed by atoms with van der Waals surface area (Å²) in [7, 11) is 1.57. The van der Waals surface area contributed by atoms with Crippen LogP contribution in [0.3, 0.4) is 0 Å². The minimum absolute atomic E-state index is 0.0684. The fourth-order valence-corrected chi connectivity index (χ4v) is 3.88. The molecule has 1 aromatic carbocycles. The van der Waals surface area contributed by atoms with Gasteiger partial charge < -0.3 is 35.7 Å². The normalized spacial score (nSPS) is 11.4. The summed E-state index contributed by atoms with van der Waals surface area (Å²) < 4.78 is 13.4. The van der Waals surface area contributed by atoms with E-state index in [4.69, 9.17) is 15.2 Å². The van der Waals surface area contributed by atoms with Crippen molar-refractivity contribution < 1.29 is 19.7 Å². The number of hydrogen-bond donors (Lipinski definition) is 5.